The summed E-state index contributed by atoms with van der Waals surface area (Å²) in [5.41, 5.74) is 3.22. The Bertz CT molecular complexity index is 692. The number of unbranched alkanes of at least 4 members (excludes halogenated alkanes) is 2. The van der Waals surface area contributed by atoms with Crippen molar-refractivity contribution < 1.29 is 0 Å². The Hall–Kier alpha value is -0.780. The van der Waals surface area contributed by atoms with Crippen LogP contribution in [0.15, 0.2) is 24.3 Å². The van der Waals surface area contributed by atoms with Crippen LogP contribution >= 0.6 is 0 Å². The predicted molar refractivity (Wildman–Crippen MR) is 154 cm³/mol. The molecule has 35 heavy (non-hydrogen) atoms. The zero-order valence-electron chi connectivity index (χ0n) is 23.9. The number of rotatable bonds is 10. The smallest absolute Gasteiger partial charge is 0.0162 e. The average molecular weight is 479 g/mol. The van der Waals surface area contributed by atoms with Gasteiger partial charge in [0.2, 0.25) is 0 Å². The van der Waals surface area contributed by atoms with E-state index >= 15 is 0 Å². The molecule has 0 radical (unpaired) electrons. The molecule has 0 N–H and O–H groups in total. The lowest BCUT2D eigenvalue weighted by molar-refractivity contribution is 0.118. The first-order valence-corrected chi connectivity index (χ1v) is 16.2. The Kier molecular flexibility index (Phi) is 10.7. The van der Waals surface area contributed by atoms with Crippen LogP contribution in [0.3, 0.4) is 0 Å². The Balaban J connectivity index is 1.20. The maximum absolute atomic E-state index is 2.63. The summed E-state index contributed by atoms with van der Waals surface area (Å²) in [6, 6.07) is 9.99. The summed E-state index contributed by atoms with van der Waals surface area (Å²) in [6.45, 7) is 9.86. The lowest BCUT2D eigenvalue weighted by atomic mass is 9.65. The summed E-state index contributed by atoms with van der Waals surface area (Å²) in [5.74, 6) is 7.49. The quantitative estimate of drug-likeness (QED) is 0.293. The van der Waals surface area contributed by atoms with Gasteiger partial charge in [0.25, 0.3) is 0 Å². The van der Waals surface area contributed by atoms with E-state index < -0.39 is 0 Å². The second-order valence-electron chi connectivity index (χ2n) is 13.4. The van der Waals surface area contributed by atoms with Gasteiger partial charge in [-0.2, -0.15) is 0 Å². The Morgan fingerprint density at radius 1 is 0.629 bits per heavy atom. The summed E-state index contributed by atoms with van der Waals surface area (Å²) in [4.78, 5) is 0. The molecule has 0 spiro atoms. The molecule has 2 unspecified atom stereocenters. The minimum absolute atomic E-state index is 0.731. The Labute approximate surface area is 219 Å². The van der Waals surface area contributed by atoms with E-state index in [2.05, 4.69) is 52.0 Å². The zero-order chi connectivity index (χ0) is 24.6. The molecule has 2 atom stereocenters. The van der Waals surface area contributed by atoms with Crippen molar-refractivity contribution in [2.75, 3.05) is 0 Å². The van der Waals surface area contributed by atoms with Crippen molar-refractivity contribution in [3.8, 4) is 0 Å². The second-order valence-corrected chi connectivity index (χ2v) is 13.4. The van der Waals surface area contributed by atoms with E-state index in [4.69, 9.17) is 0 Å². The summed E-state index contributed by atoms with van der Waals surface area (Å²) in [7, 11) is 0. The lowest BCUT2D eigenvalue weighted by Gasteiger charge is -2.40. The van der Waals surface area contributed by atoms with Crippen LogP contribution in [0.4, 0.5) is 0 Å². The van der Waals surface area contributed by atoms with Crippen LogP contribution in [0.1, 0.15) is 160 Å². The predicted octanol–water partition coefficient (Wildman–Crippen LogP) is 11.3. The normalized spacial score (nSPS) is 33.8. The summed E-state index contributed by atoms with van der Waals surface area (Å²) < 4.78 is 0. The van der Waals surface area contributed by atoms with E-state index in [0.717, 1.165) is 47.3 Å². The van der Waals surface area contributed by atoms with E-state index in [-0.39, 0.29) is 0 Å². The molecule has 4 rings (SSSR count). The summed E-state index contributed by atoms with van der Waals surface area (Å²) in [6.07, 6.45) is 24.9. The maximum atomic E-state index is 2.63. The fraction of sp³-hybridized carbons (Fsp3) is 0.829. The Morgan fingerprint density at radius 2 is 1.17 bits per heavy atom. The molecule has 0 nitrogen and oxygen atoms in total. The monoisotopic (exact) mass is 478 g/mol. The van der Waals surface area contributed by atoms with Crippen LogP contribution in [-0.2, 0) is 0 Å². The molecule has 0 saturated heterocycles. The maximum Gasteiger partial charge on any atom is -0.0162 e. The molecule has 0 aromatic heterocycles. The van der Waals surface area contributed by atoms with Crippen LogP contribution in [0, 0.1) is 35.5 Å². The van der Waals surface area contributed by atoms with Crippen LogP contribution in [0.5, 0.6) is 0 Å². The van der Waals surface area contributed by atoms with Gasteiger partial charge in [-0.3, -0.25) is 0 Å². The minimum atomic E-state index is 0.731. The topological polar surface area (TPSA) is 0 Å². The molecule has 1 aromatic carbocycles. The van der Waals surface area contributed by atoms with Crippen LogP contribution in [0.2, 0.25) is 0 Å². The van der Waals surface area contributed by atoms with Crippen molar-refractivity contribution in [1.82, 2.24) is 0 Å². The first-order chi connectivity index (χ1) is 17.1. The van der Waals surface area contributed by atoms with Gasteiger partial charge >= 0.3 is 0 Å². The third-order valence-electron chi connectivity index (χ3n) is 11.5. The molecule has 3 aliphatic carbocycles. The van der Waals surface area contributed by atoms with E-state index in [0.29, 0.717) is 0 Å². The van der Waals surface area contributed by atoms with Crippen molar-refractivity contribution in [2.45, 2.75) is 149 Å². The molecule has 0 bridgehead atoms. The van der Waals surface area contributed by atoms with Crippen molar-refractivity contribution in [1.29, 1.82) is 0 Å². The molecular weight excluding hydrogens is 420 g/mol. The second kappa shape index (κ2) is 13.7. The molecule has 0 amide bonds. The number of benzene rings is 1. The van der Waals surface area contributed by atoms with E-state index in [9.17, 15) is 0 Å². The van der Waals surface area contributed by atoms with Gasteiger partial charge in [-0.15, -0.1) is 0 Å². The fourth-order valence-electron chi connectivity index (χ4n) is 8.49. The van der Waals surface area contributed by atoms with Crippen LogP contribution < -0.4 is 0 Å². The standard InChI is InChI=1S/C35H58/c1-5-7-8-9-29-12-14-30(15-13-29)26(3)31-18-20-32(21-19-31)27(4)33-22-24-35(25-23-33)34-16-10-28(6-2)11-17-34/h22-32,34H,5-21H2,1-4H3/t26?,27?,28-,29?,30?,31?,32?,34-. The van der Waals surface area contributed by atoms with E-state index in [1.54, 1.807) is 11.1 Å². The van der Waals surface area contributed by atoms with Gasteiger partial charge in [-0.1, -0.05) is 96.9 Å². The molecule has 0 aliphatic heterocycles. The van der Waals surface area contributed by atoms with Gasteiger partial charge in [0.05, 0.1) is 0 Å². The molecular formula is C35H58. The van der Waals surface area contributed by atoms with Gasteiger partial charge in [-0.25, -0.2) is 0 Å². The molecule has 0 heteroatoms. The molecule has 0 heterocycles. The molecule has 3 fully saturated rings. The van der Waals surface area contributed by atoms with Gasteiger partial charge in [-0.05, 0) is 123 Å². The van der Waals surface area contributed by atoms with Crippen molar-refractivity contribution >= 4 is 0 Å². The van der Waals surface area contributed by atoms with Crippen LogP contribution in [0.25, 0.3) is 0 Å². The fourth-order valence-corrected chi connectivity index (χ4v) is 8.49. The van der Waals surface area contributed by atoms with Crippen molar-refractivity contribution in [2.24, 2.45) is 35.5 Å². The number of hydrogen-bond acceptors (Lipinski definition) is 0. The Morgan fingerprint density at radius 3 is 1.74 bits per heavy atom. The first kappa shape index (κ1) is 27.3. The van der Waals surface area contributed by atoms with Crippen molar-refractivity contribution in [3.05, 3.63) is 35.4 Å². The zero-order valence-corrected chi connectivity index (χ0v) is 23.9. The average Bonchev–Trinajstić information content (AvgIpc) is 2.93. The largest absolute Gasteiger partial charge is 0.0654 e. The summed E-state index contributed by atoms with van der Waals surface area (Å²) >= 11 is 0. The third-order valence-corrected chi connectivity index (χ3v) is 11.5. The first-order valence-electron chi connectivity index (χ1n) is 16.2. The third kappa shape index (κ3) is 7.38. The highest BCUT2D eigenvalue weighted by atomic mass is 14.4. The van der Waals surface area contributed by atoms with Gasteiger partial charge in [0.15, 0.2) is 0 Å². The highest BCUT2D eigenvalue weighted by Crippen LogP contribution is 2.45. The molecule has 198 valence electrons. The SMILES string of the molecule is CCCCCC1CCC(C(C)C2CCC(C(C)c3ccc([C@H]4CC[C@H](CC)CC4)cc3)CC2)CC1. The number of hydrogen-bond donors (Lipinski definition) is 0. The van der Waals surface area contributed by atoms with Gasteiger partial charge < -0.3 is 0 Å². The van der Waals surface area contributed by atoms with E-state index in [1.165, 1.54) is 109 Å². The molecule has 1 aromatic rings. The highest BCUT2D eigenvalue weighted by Gasteiger charge is 2.33. The van der Waals surface area contributed by atoms with E-state index in [1.807, 2.05) is 0 Å². The van der Waals surface area contributed by atoms with Gasteiger partial charge in [0.1, 0.15) is 0 Å². The lowest BCUT2D eigenvalue weighted by Crippen LogP contribution is -2.29. The molecule has 3 aliphatic rings. The minimum Gasteiger partial charge on any atom is -0.0654 e. The van der Waals surface area contributed by atoms with Crippen LogP contribution in [-0.4, -0.2) is 0 Å². The van der Waals surface area contributed by atoms with Gasteiger partial charge in [0, 0.05) is 0 Å². The highest BCUT2D eigenvalue weighted by molar-refractivity contribution is 5.28. The van der Waals surface area contributed by atoms with Crippen molar-refractivity contribution in [3.63, 3.8) is 0 Å². The molecule has 3 saturated carbocycles. The summed E-state index contributed by atoms with van der Waals surface area (Å²) in [5, 5.41) is 0.